The molecule has 18 atom stereocenters. The Hall–Kier alpha value is -0.840. The van der Waals surface area contributed by atoms with Crippen molar-refractivity contribution in [3.8, 4) is 0 Å². The number of hydrogen-bond donors (Lipinski definition) is 0. The highest BCUT2D eigenvalue weighted by Gasteiger charge is 2.71. The third-order valence-electron chi connectivity index (χ3n) is 23.0. The molecule has 9 saturated carbocycles. The largest absolute Gasteiger partial charge is 0.377 e. The molecular formula is C66H102O21. The van der Waals surface area contributed by atoms with E-state index in [4.69, 9.17) is 99.5 Å². The molecule has 7 aliphatic heterocycles. The van der Waals surface area contributed by atoms with E-state index in [-0.39, 0.29) is 36.6 Å². The Balaban J connectivity index is 0.673. The summed E-state index contributed by atoms with van der Waals surface area (Å²) in [7, 11) is 0. The first-order valence-corrected chi connectivity index (χ1v) is 35.4. The van der Waals surface area contributed by atoms with Gasteiger partial charge in [-0.15, -0.1) is 0 Å². The fourth-order valence-corrected chi connectivity index (χ4v) is 19.0. The molecule has 7 heterocycles. The summed E-state index contributed by atoms with van der Waals surface area (Å²) in [6.07, 6.45) is 21.6. The van der Waals surface area contributed by atoms with Crippen LogP contribution in [0.2, 0.25) is 0 Å². The molecule has 0 aromatic carbocycles. The molecule has 0 aromatic rings. The molecule has 16 fully saturated rings. The summed E-state index contributed by atoms with van der Waals surface area (Å²) < 4.78 is 147. The van der Waals surface area contributed by atoms with Crippen molar-refractivity contribution < 1.29 is 99.5 Å². The van der Waals surface area contributed by atoms with Crippen LogP contribution in [-0.4, -0.2) is 224 Å². The van der Waals surface area contributed by atoms with Gasteiger partial charge in [-0.1, -0.05) is 38.5 Å². The van der Waals surface area contributed by atoms with Gasteiger partial charge in [-0.3, -0.25) is 0 Å². The van der Waals surface area contributed by atoms with Crippen molar-refractivity contribution in [3.63, 3.8) is 0 Å². The molecule has 9 aliphatic carbocycles. The topological polar surface area (TPSA) is 194 Å². The first-order valence-electron chi connectivity index (χ1n) is 35.4. The molecule has 0 N–H and O–H groups in total. The lowest BCUT2D eigenvalue weighted by atomic mass is 9.84. The lowest BCUT2D eigenvalue weighted by molar-refractivity contribution is -0.234. The molecule has 0 bridgehead atoms. The zero-order valence-corrected chi connectivity index (χ0v) is 51.7. The molecule has 21 heteroatoms. The smallest absolute Gasteiger partial charge is 0.169 e. The van der Waals surface area contributed by atoms with Crippen LogP contribution < -0.4 is 0 Å². The lowest BCUT2D eigenvalue weighted by Gasteiger charge is -2.43. The molecule has 87 heavy (non-hydrogen) atoms. The molecule has 0 aromatic heterocycles. The highest BCUT2D eigenvalue weighted by atomic mass is 16.8. The van der Waals surface area contributed by atoms with Crippen molar-refractivity contribution in [1.82, 2.24) is 0 Å². The van der Waals surface area contributed by atoms with Crippen LogP contribution >= 0.6 is 0 Å². The summed E-state index contributed by atoms with van der Waals surface area (Å²) in [5.41, 5.74) is 0. The number of hydrogen-bond acceptors (Lipinski definition) is 21. The van der Waals surface area contributed by atoms with Crippen molar-refractivity contribution >= 4 is 0 Å². The van der Waals surface area contributed by atoms with Crippen LogP contribution in [0.1, 0.15) is 193 Å². The van der Waals surface area contributed by atoms with E-state index >= 15 is 0 Å². The number of rotatable bonds is 0. The molecule has 0 radical (unpaired) electrons. The zero-order valence-electron chi connectivity index (χ0n) is 51.7. The van der Waals surface area contributed by atoms with Gasteiger partial charge in [0.1, 0.15) is 110 Å². The van der Waals surface area contributed by atoms with Crippen LogP contribution in [0.25, 0.3) is 0 Å². The molecular weight excluding hydrogens is 1130 g/mol. The summed E-state index contributed by atoms with van der Waals surface area (Å²) in [6.45, 7) is 3.69. The van der Waals surface area contributed by atoms with Gasteiger partial charge in [-0.2, -0.15) is 0 Å². The van der Waals surface area contributed by atoms with Gasteiger partial charge in [-0.05, 0) is 77.0 Å². The third-order valence-corrected chi connectivity index (χ3v) is 23.0. The second-order valence-electron chi connectivity index (χ2n) is 28.7. The number of ether oxygens (including phenoxy) is 21. The highest BCUT2D eigenvalue weighted by Crippen LogP contribution is 2.57. The summed E-state index contributed by atoms with van der Waals surface area (Å²) in [5.74, 6) is -4.15. The van der Waals surface area contributed by atoms with Gasteiger partial charge in [0.05, 0.1) is 79.3 Å². The Labute approximate surface area is 514 Å². The second-order valence-corrected chi connectivity index (χ2v) is 28.7. The van der Waals surface area contributed by atoms with E-state index in [9.17, 15) is 0 Å². The van der Waals surface area contributed by atoms with Crippen LogP contribution in [-0.2, 0) is 99.5 Å². The normalized spacial score (nSPS) is 46.3. The Morgan fingerprint density at radius 1 is 0.138 bits per heavy atom. The maximum absolute atomic E-state index is 7.16. The predicted octanol–water partition coefficient (Wildman–Crippen LogP) is 8.07. The highest BCUT2D eigenvalue weighted by molar-refractivity contribution is 5.14. The lowest BCUT2D eigenvalue weighted by Crippen LogP contribution is -2.63. The van der Waals surface area contributed by atoms with Crippen LogP contribution in [0.5, 0.6) is 0 Å². The standard InChI is InChI=1S/C66H102O21/c1-7-19-61(20-8-1)76-49-43-44(50-56(55(49)82-61)83-62(77-50)21-9-2-10-22-62)71-38-32-68-34-40-73-47-48(54-60(87-66(81-54)29-17-6-18-30-66)59-53(47)80-65(86-59)27-15-5-16-28-65)75-42-36-69-35-41-74-46-45(72-39-33-67-31-37-70-43)51-57(84-63(78-51)23-11-3-12-24-63)58-52(46)79-64(85-58)25-13-4-14-26-64/h43-60H,1-42H2/t43-,44-,45-,46-,47-,48-,49+,50+,51+,52+,53+,54+,55+,56+,57+,58+,59+,60+/m1/s1. The molecule has 16 aliphatic rings. The Kier molecular flexibility index (Phi) is 18.3. The maximum Gasteiger partial charge on any atom is 0.169 e. The van der Waals surface area contributed by atoms with E-state index in [0.29, 0.717) is 79.3 Å². The van der Waals surface area contributed by atoms with Crippen LogP contribution in [0.3, 0.4) is 0 Å². The van der Waals surface area contributed by atoms with Gasteiger partial charge in [-0.25, -0.2) is 0 Å². The molecule has 6 spiro atoms. The van der Waals surface area contributed by atoms with E-state index in [0.717, 1.165) is 193 Å². The molecule has 21 nitrogen and oxygen atoms in total. The quantitative estimate of drug-likeness (QED) is 0.226. The molecule has 7 saturated heterocycles. The average Bonchev–Trinajstić information content (AvgIpc) is 1.74. The van der Waals surface area contributed by atoms with Gasteiger partial charge in [0, 0.05) is 77.0 Å². The van der Waals surface area contributed by atoms with E-state index in [1.54, 1.807) is 0 Å². The van der Waals surface area contributed by atoms with Gasteiger partial charge in [0.25, 0.3) is 0 Å². The average molecular weight is 1230 g/mol. The SMILES string of the molecule is C1CCC2(CC1)O[C@@H]1[C@H]3OC4(CCCCC4)O[C@H]3[C@@H]3OCCOCCO[C@@H]4[C@@H](OCCOCCO[C@@H]5[C@@H](OCCOCCO[C@H]3[C@@H]1O2)[C@@H]1OC2(CCCCC2)O[C@@H]1[C@H]1OC2(CCCCC2)O[C@@H]51)[C@@H]1OC2(CCCCC2)O[C@@H]1[C@H]1OC2(CCCCC2)O[C@@H]41. The van der Waals surface area contributed by atoms with Gasteiger partial charge < -0.3 is 99.5 Å². The fraction of sp³-hybridized carbons (Fsp3) is 1.00. The minimum Gasteiger partial charge on any atom is -0.377 e. The minimum atomic E-state index is -0.691. The number of fused-ring (bicyclic) bond motifs is 18. The van der Waals surface area contributed by atoms with Crippen LogP contribution in [0, 0.1) is 0 Å². The first kappa shape index (κ1) is 61.1. The van der Waals surface area contributed by atoms with Crippen molar-refractivity contribution in [1.29, 1.82) is 0 Å². The Bertz CT molecular complexity index is 1850. The summed E-state index contributed by atoms with van der Waals surface area (Å²) in [4.78, 5) is 0. The summed E-state index contributed by atoms with van der Waals surface area (Å²) in [5, 5.41) is 0. The van der Waals surface area contributed by atoms with Crippen molar-refractivity contribution in [2.45, 2.75) is 337 Å². The fourth-order valence-electron chi connectivity index (χ4n) is 19.0. The van der Waals surface area contributed by atoms with Crippen molar-refractivity contribution in [3.05, 3.63) is 0 Å². The summed E-state index contributed by atoms with van der Waals surface area (Å²) >= 11 is 0. The van der Waals surface area contributed by atoms with E-state index in [1.165, 1.54) is 0 Å². The van der Waals surface area contributed by atoms with E-state index < -0.39 is 108 Å². The van der Waals surface area contributed by atoms with E-state index in [2.05, 4.69) is 0 Å². The van der Waals surface area contributed by atoms with Gasteiger partial charge in [0.15, 0.2) is 34.7 Å². The van der Waals surface area contributed by atoms with Gasteiger partial charge in [0.2, 0.25) is 0 Å². The predicted molar refractivity (Wildman–Crippen MR) is 304 cm³/mol. The second kappa shape index (κ2) is 26.1. The Morgan fingerprint density at radius 3 is 0.402 bits per heavy atom. The first-order chi connectivity index (χ1) is 42.8. The summed E-state index contributed by atoms with van der Waals surface area (Å²) in [6, 6.07) is 0. The van der Waals surface area contributed by atoms with Crippen molar-refractivity contribution in [2.75, 3.05) is 79.3 Å². The van der Waals surface area contributed by atoms with Crippen molar-refractivity contribution in [2.24, 2.45) is 0 Å². The molecule has 0 amide bonds. The van der Waals surface area contributed by atoms with Crippen LogP contribution in [0.15, 0.2) is 0 Å². The monoisotopic (exact) mass is 1230 g/mol. The third kappa shape index (κ3) is 12.0. The van der Waals surface area contributed by atoms with E-state index in [1.807, 2.05) is 0 Å². The molecule has 492 valence electrons. The van der Waals surface area contributed by atoms with Crippen LogP contribution in [0.4, 0.5) is 0 Å². The maximum atomic E-state index is 7.16. The Morgan fingerprint density at radius 2 is 0.264 bits per heavy atom. The minimum absolute atomic E-state index is 0.293. The molecule has 16 rings (SSSR count). The molecule has 0 unspecified atom stereocenters. The zero-order chi connectivity index (χ0) is 57.9. The van der Waals surface area contributed by atoms with Gasteiger partial charge >= 0.3 is 0 Å².